The Kier molecular flexibility index (Phi) is 4.41. The van der Waals surface area contributed by atoms with Crippen molar-refractivity contribution >= 4 is 16.7 Å². The Bertz CT molecular complexity index is 834. The highest BCUT2D eigenvalue weighted by Crippen LogP contribution is 2.22. The first-order valence-corrected chi connectivity index (χ1v) is 6.73. The Morgan fingerprint density at radius 2 is 2.23 bits per heavy atom. The lowest BCUT2D eigenvalue weighted by molar-refractivity contribution is 0.186. The van der Waals surface area contributed by atoms with E-state index in [0.717, 1.165) is 11.1 Å². The van der Waals surface area contributed by atoms with Crippen LogP contribution in [0.3, 0.4) is 0 Å². The molecule has 0 fully saturated rings. The van der Waals surface area contributed by atoms with Gasteiger partial charge in [0.15, 0.2) is 5.65 Å². The van der Waals surface area contributed by atoms with Crippen molar-refractivity contribution in [2.24, 2.45) is 0 Å². The molecule has 22 heavy (non-hydrogen) atoms. The van der Waals surface area contributed by atoms with E-state index in [2.05, 4.69) is 28.4 Å². The van der Waals surface area contributed by atoms with Gasteiger partial charge in [-0.15, -0.1) is 4.73 Å². The molecule has 0 radical (unpaired) electrons. The van der Waals surface area contributed by atoms with Gasteiger partial charge in [-0.2, -0.15) is 0 Å². The van der Waals surface area contributed by atoms with E-state index in [1.54, 1.807) is 13.0 Å². The maximum absolute atomic E-state index is 11.8. The predicted octanol–water partition coefficient (Wildman–Crippen LogP) is 2.44. The number of aromatic nitrogens is 3. The molecule has 0 atom stereocenters. The summed E-state index contributed by atoms with van der Waals surface area (Å²) in [4.78, 5) is 19.9. The first-order valence-electron chi connectivity index (χ1n) is 6.73. The minimum Gasteiger partial charge on any atom is -0.423 e. The zero-order chi connectivity index (χ0) is 16.3. The number of aryl methyl sites for hydroxylation is 1. The number of fused-ring (bicyclic) bond motifs is 1. The van der Waals surface area contributed by atoms with E-state index >= 15 is 0 Å². The van der Waals surface area contributed by atoms with Crippen LogP contribution in [0.25, 0.3) is 11.0 Å². The van der Waals surface area contributed by atoms with Crippen molar-refractivity contribution in [3.63, 3.8) is 0 Å². The van der Waals surface area contributed by atoms with E-state index in [1.165, 1.54) is 12.4 Å². The number of hydrogen-bond donors (Lipinski definition) is 2. The van der Waals surface area contributed by atoms with Crippen LogP contribution in [0.5, 0.6) is 0 Å². The van der Waals surface area contributed by atoms with Crippen molar-refractivity contribution in [3.8, 4) is 0 Å². The summed E-state index contributed by atoms with van der Waals surface area (Å²) < 4.78 is 0.522. The van der Waals surface area contributed by atoms with Gasteiger partial charge in [-0.25, -0.2) is 9.97 Å². The van der Waals surface area contributed by atoms with Gasteiger partial charge in [0, 0.05) is 12.6 Å². The van der Waals surface area contributed by atoms with Crippen molar-refractivity contribution in [1.82, 2.24) is 14.7 Å². The van der Waals surface area contributed by atoms with Gasteiger partial charge in [0.25, 0.3) is 5.56 Å². The first-order chi connectivity index (χ1) is 10.5. The molecular formula is C16H18N4O2. The van der Waals surface area contributed by atoms with E-state index in [1.807, 2.05) is 13.0 Å². The molecule has 0 aliphatic heterocycles. The molecule has 0 aromatic carbocycles. The van der Waals surface area contributed by atoms with Crippen LogP contribution < -0.4 is 10.9 Å². The van der Waals surface area contributed by atoms with Crippen LogP contribution in [-0.2, 0) is 0 Å². The summed E-state index contributed by atoms with van der Waals surface area (Å²) in [7, 11) is 0. The van der Waals surface area contributed by atoms with Crippen molar-refractivity contribution in [1.29, 1.82) is 0 Å². The summed E-state index contributed by atoms with van der Waals surface area (Å²) in [6.07, 6.45) is 4.85. The third-order valence-electron chi connectivity index (χ3n) is 3.30. The third-order valence-corrected chi connectivity index (χ3v) is 3.30. The molecule has 0 saturated carbocycles. The average Bonchev–Trinajstić information content (AvgIpc) is 2.47. The molecule has 0 saturated heterocycles. The second kappa shape index (κ2) is 6.26. The summed E-state index contributed by atoms with van der Waals surface area (Å²) in [5.74, 6) is 0. The topological polar surface area (TPSA) is 80.0 Å². The molecule has 114 valence electrons. The van der Waals surface area contributed by atoms with Crippen LogP contribution >= 0.6 is 0 Å². The van der Waals surface area contributed by atoms with Crippen molar-refractivity contribution < 1.29 is 5.21 Å². The van der Waals surface area contributed by atoms with Crippen LogP contribution in [0.4, 0.5) is 5.69 Å². The largest absolute Gasteiger partial charge is 0.423 e. The molecule has 2 N–H and O–H groups in total. The summed E-state index contributed by atoms with van der Waals surface area (Å²) in [6.45, 7) is 11.7. The number of anilines is 1. The first kappa shape index (κ1) is 15.5. The smallest absolute Gasteiger partial charge is 0.286 e. The van der Waals surface area contributed by atoms with Crippen LogP contribution in [0.15, 0.2) is 53.6 Å². The standard InChI is InChI=1S/C16H18N4O2/c1-5-6-12(10(2)3)8-17-13-7-14(21)20(22)16-15(13)11(4)18-9-19-16/h5-7,9,17,22H,1-2,8H2,3-4H3/b12-6-. The van der Waals surface area contributed by atoms with Gasteiger partial charge >= 0.3 is 0 Å². The fraction of sp³-hybridized carbons (Fsp3) is 0.188. The second-order valence-corrected chi connectivity index (χ2v) is 4.93. The highest BCUT2D eigenvalue weighted by atomic mass is 16.5. The number of hydrogen-bond acceptors (Lipinski definition) is 5. The fourth-order valence-corrected chi connectivity index (χ4v) is 2.12. The summed E-state index contributed by atoms with van der Waals surface area (Å²) in [6, 6.07) is 1.32. The lowest BCUT2D eigenvalue weighted by atomic mass is 10.1. The van der Waals surface area contributed by atoms with Crippen molar-refractivity contribution in [3.05, 3.63) is 64.9 Å². The number of allylic oxidation sites excluding steroid dienone is 2. The fourth-order valence-electron chi connectivity index (χ4n) is 2.12. The molecule has 2 rings (SSSR count). The number of rotatable bonds is 5. The monoisotopic (exact) mass is 298 g/mol. The normalized spacial score (nSPS) is 11.5. The van der Waals surface area contributed by atoms with Gasteiger partial charge < -0.3 is 10.5 Å². The molecule has 0 bridgehead atoms. The second-order valence-electron chi connectivity index (χ2n) is 4.93. The maximum Gasteiger partial charge on any atom is 0.286 e. The predicted molar refractivity (Wildman–Crippen MR) is 87.3 cm³/mol. The number of nitrogens with zero attached hydrogens (tertiary/aromatic N) is 3. The van der Waals surface area contributed by atoms with Gasteiger partial charge in [-0.05, 0) is 19.4 Å². The van der Waals surface area contributed by atoms with E-state index < -0.39 is 5.56 Å². The lowest BCUT2D eigenvalue weighted by Gasteiger charge is -2.13. The summed E-state index contributed by atoms with van der Waals surface area (Å²) >= 11 is 0. The highest BCUT2D eigenvalue weighted by molar-refractivity contribution is 5.90. The Morgan fingerprint density at radius 1 is 1.50 bits per heavy atom. The van der Waals surface area contributed by atoms with Gasteiger partial charge in [0.1, 0.15) is 6.33 Å². The van der Waals surface area contributed by atoms with Crippen LogP contribution in [0.1, 0.15) is 12.6 Å². The molecule has 0 unspecified atom stereocenters. The van der Waals surface area contributed by atoms with Crippen LogP contribution in [0, 0.1) is 6.92 Å². The van der Waals surface area contributed by atoms with Crippen molar-refractivity contribution in [2.75, 3.05) is 11.9 Å². The highest BCUT2D eigenvalue weighted by Gasteiger charge is 2.12. The minimum absolute atomic E-state index is 0.173. The Balaban J connectivity index is 2.50. The molecule has 0 amide bonds. The average molecular weight is 298 g/mol. The van der Waals surface area contributed by atoms with Gasteiger partial charge in [0.2, 0.25) is 0 Å². The van der Waals surface area contributed by atoms with Crippen LogP contribution in [0.2, 0.25) is 0 Å². The zero-order valence-corrected chi connectivity index (χ0v) is 12.6. The van der Waals surface area contributed by atoms with Crippen LogP contribution in [-0.4, -0.2) is 26.5 Å². The summed E-state index contributed by atoms with van der Waals surface area (Å²) in [5, 5.41) is 13.6. The minimum atomic E-state index is -0.558. The molecule has 6 heteroatoms. The molecule has 0 aliphatic rings. The van der Waals surface area contributed by atoms with Gasteiger partial charge in [0.05, 0.1) is 16.8 Å². The Labute approximate surface area is 128 Å². The molecule has 2 heterocycles. The van der Waals surface area contributed by atoms with E-state index in [-0.39, 0.29) is 5.65 Å². The van der Waals surface area contributed by atoms with Gasteiger partial charge in [-0.1, -0.05) is 30.9 Å². The van der Waals surface area contributed by atoms with E-state index in [4.69, 9.17) is 0 Å². The van der Waals surface area contributed by atoms with E-state index in [0.29, 0.717) is 28.0 Å². The molecular weight excluding hydrogens is 280 g/mol. The number of pyridine rings is 1. The number of nitrogens with one attached hydrogen (secondary N) is 1. The molecule has 6 nitrogen and oxygen atoms in total. The molecule has 0 spiro atoms. The quantitative estimate of drug-likeness (QED) is 0.654. The van der Waals surface area contributed by atoms with Gasteiger partial charge in [-0.3, -0.25) is 4.79 Å². The summed E-state index contributed by atoms with van der Waals surface area (Å²) in [5.41, 5.74) is 2.72. The maximum atomic E-state index is 11.8. The van der Waals surface area contributed by atoms with Crippen molar-refractivity contribution in [2.45, 2.75) is 13.8 Å². The lowest BCUT2D eigenvalue weighted by Crippen LogP contribution is -2.20. The Hall–Kier alpha value is -2.89. The SMILES string of the molecule is C=C/C=C(/CNc1cc(=O)n(O)c2ncnc(C)c12)C(=C)C. The molecule has 2 aromatic rings. The third kappa shape index (κ3) is 2.90. The Morgan fingerprint density at radius 3 is 2.86 bits per heavy atom. The molecule has 2 aromatic heterocycles. The molecule has 0 aliphatic carbocycles. The zero-order valence-electron chi connectivity index (χ0n) is 12.6. The van der Waals surface area contributed by atoms with E-state index in [9.17, 15) is 10.0 Å².